The maximum absolute atomic E-state index is 8.92. The van der Waals surface area contributed by atoms with E-state index in [0.29, 0.717) is 12.1 Å². The zero-order valence-electron chi connectivity index (χ0n) is 9.22. The topological polar surface area (TPSA) is 58.9 Å². The molecule has 0 amide bonds. The van der Waals surface area contributed by atoms with E-state index in [1.807, 2.05) is 0 Å². The predicted octanol–water partition coefficient (Wildman–Crippen LogP) is -0.218. The Balaban J connectivity index is 1.90. The van der Waals surface area contributed by atoms with Gasteiger partial charge in [0, 0.05) is 5.41 Å². The first-order valence-corrected chi connectivity index (χ1v) is 5.26. The first-order valence-electron chi connectivity index (χ1n) is 5.26. The average Bonchev–Trinajstić information content (AvgIpc) is 2.24. The third kappa shape index (κ3) is 2.55. The van der Waals surface area contributed by atoms with Crippen LogP contribution in [0.2, 0.25) is 0 Å². The summed E-state index contributed by atoms with van der Waals surface area (Å²) in [5.74, 6) is 0.734. The lowest BCUT2D eigenvalue weighted by Gasteiger charge is -2.37. The van der Waals surface area contributed by atoms with Crippen molar-refractivity contribution in [3.63, 3.8) is 0 Å². The van der Waals surface area contributed by atoms with Crippen LogP contribution in [0.25, 0.3) is 0 Å². The lowest BCUT2D eigenvalue weighted by molar-refractivity contribution is -0.120. The smallest absolute Gasteiger partial charge is 0.488 e. The van der Waals surface area contributed by atoms with Crippen molar-refractivity contribution in [2.24, 2.45) is 5.41 Å². The Morgan fingerprint density at radius 1 is 1.31 bits per heavy atom. The van der Waals surface area contributed by atoms with Crippen LogP contribution in [0, 0.1) is 5.41 Å². The van der Waals surface area contributed by atoms with Gasteiger partial charge in [0.1, 0.15) is 5.75 Å². The molecule has 0 radical (unpaired) electrons. The average molecular weight is 222 g/mol. The van der Waals surface area contributed by atoms with Gasteiger partial charge in [-0.25, -0.2) is 0 Å². The van der Waals surface area contributed by atoms with Gasteiger partial charge in [0.15, 0.2) is 0 Å². The van der Waals surface area contributed by atoms with E-state index >= 15 is 0 Å². The van der Waals surface area contributed by atoms with Crippen LogP contribution in [0.3, 0.4) is 0 Å². The Hall–Kier alpha value is -1.04. The standard InChI is InChI=1S/C11H15BO4/c1-11(6-15-7-11)8-16-10-4-2-9(3-5-10)12(13)14/h2-5,13-14H,6-8H2,1H3. The quantitative estimate of drug-likeness (QED) is 0.691. The van der Waals surface area contributed by atoms with E-state index in [0.717, 1.165) is 19.0 Å². The van der Waals surface area contributed by atoms with Crippen LogP contribution in [0.15, 0.2) is 24.3 Å². The molecule has 1 aromatic rings. The van der Waals surface area contributed by atoms with Crippen LogP contribution in [0.1, 0.15) is 6.92 Å². The van der Waals surface area contributed by atoms with Crippen molar-refractivity contribution in [2.75, 3.05) is 19.8 Å². The normalized spacial score (nSPS) is 17.7. The van der Waals surface area contributed by atoms with Gasteiger partial charge in [-0.2, -0.15) is 0 Å². The second-order valence-corrected chi connectivity index (χ2v) is 4.53. The van der Waals surface area contributed by atoms with E-state index in [4.69, 9.17) is 19.5 Å². The van der Waals surface area contributed by atoms with E-state index in [1.54, 1.807) is 24.3 Å². The van der Waals surface area contributed by atoms with Gasteiger partial charge in [0.2, 0.25) is 0 Å². The van der Waals surface area contributed by atoms with Gasteiger partial charge in [-0.3, -0.25) is 0 Å². The molecule has 1 fully saturated rings. The second-order valence-electron chi connectivity index (χ2n) is 4.53. The molecule has 4 nitrogen and oxygen atoms in total. The molecule has 1 aliphatic rings. The zero-order valence-corrected chi connectivity index (χ0v) is 9.22. The van der Waals surface area contributed by atoms with Gasteiger partial charge in [-0.15, -0.1) is 0 Å². The summed E-state index contributed by atoms with van der Waals surface area (Å²) in [7, 11) is -1.42. The third-order valence-corrected chi connectivity index (χ3v) is 2.67. The fraction of sp³-hybridized carbons (Fsp3) is 0.455. The molecule has 0 spiro atoms. The molecule has 0 bridgehead atoms. The minimum absolute atomic E-state index is 0.120. The van der Waals surface area contributed by atoms with E-state index in [9.17, 15) is 0 Å². The Morgan fingerprint density at radius 3 is 2.38 bits per heavy atom. The van der Waals surface area contributed by atoms with Gasteiger partial charge in [0.25, 0.3) is 0 Å². The highest BCUT2D eigenvalue weighted by molar-refractivity contribution is 6.58. The summed E-state index contributed by atoms with van der Waals surface area (Å²) in [6.07, 6.45) is 0. The SMILES string of the molecule is CC1(COc2ccc(B(O)O)cc2)COC1. The van der Waals surface area contributed by atoms with Gasteiger partial charge in [-0.05, 0) is 17.6 Å². The molecule has 5 heteroatoms. The molecule has 0 atom stereocenters. The van der Waals surface area contributed by atoms with Crippen LogP contribution in [0.5, 0.6) is 5.75 Å². The summed E-state index contributed by atoms with van der Waals surface area (Å²) < 4.78 is 10.7. The van der Waals surface area contributed by atoms with Crippen molar-refractivity contribution in [1.82, 2.24) is 0 Å². The third-order valence-electron chi connectivity index (χ3n) is 2.67. The fourth-order valence-corrected chi connectivity index (χ4v) is 1.53. The van der Waals surface area contributed by atoms with Crippen molar-refractivity contribution in [1.29, 1.82) is 0 Å². The summed E-state index contributed by atoms with van der Waals surface area (Å²) in [5.41, 5.74) is 0.584. The maximum Gasteiger partial charge on any atom is 0.488 e. The summed E-state index contributed by atoms with van der Waals surface area (Å²) >= 11 is 0. The minimum Gasteiger partial charge on any atom is -0.493 e. The highest BCUT2D eigenvalue weighted by atomic mass is 16.5. The molecule has 0 aromatic heterocycles. The van der Waals surface area contributed by atoms with E-state index in [-0.39, 0.29) is 5.41 Å². The molecule has 1 aliphatic heterocycles. The summed E-state index contributed by atoms with van der Waals surface area (Å²) in [6, 6.07) is 6.74. The van der Waals surface area contributed by atoms with Crippen LogP contribution >= 0.6 is 0 Å². The molecule has 0 unspecified atom stereocenters. The fourth-order valence-electron chi connectivity index (χ4n) is 1.53. The maximum atomic E-state index is 8.92. The number of ether oxygens (including phenoxy) is 2. The number of hydrogen-bond donors (Lipinski definition) is 2. The molecule has 0 saturated carbocycles. The Morgan fingerprint density at radius 2 is 1.94 bits per heavy atom. The monoisotopic (exact) mass is 222 g/mol. The highest BCUT2D eigenvalue weighted by Crippen LogP contribution is 2.27. The van der Waals surface area contributed by atoms with Crippen LogP contribution in [-0.2, 0) is 4.74 Å². The minimum atomic E-state index is -1.42. The van der Waals surface area contributed by atoms with Gasteiger partial charge in [0.05, 0.1) is 19.8 Å². The first-order chi connectivity index (χ1) is 7.59. The molecular weight excluding hydrogens is 207 g/mol. The number of hydrogen-bond acceptors (Lipinski definition) is 4. The Labute approximate surface area is 95.0 Å². The Kier molecular flexibility index (Phi) is 3.19. The zero-order chi connectivity index (χ0) is 11.6. The van der Waals surface area contributed by atoms with Crippen LogP contribution < -0.4 is 10.2 Å². The molecule has 86 valence electrons. The lowest BCUT2D eigenvalue weighted by atomic mass is 9.80. The molecule has 1 saturated heterocycles. The van der Waals surface area contributed by atoms with Gasteiger partial charge < -0.3 is 19.5 Å². The first kappa shape index (κ1) is 11.5. The van der Waals surface area contributed by atoms with E-state index in [1.165, 1.54) is 0 Å². The predicted molar refractivity (Wildman–Crippen MR) is 60.7 cm³/mol. The van der Waals surface area contributed by atoms with E-state index < -0.39 is 7.12 Å². The molecule has 1 heterocycles. The molecule has 0 aliphatic carbocycles. The second kappa shape index (κ2) is 4.45. The van der Waals surface area contributed by atoms with Crippen molar-refractivity contribution < 1.29 is 19.5 Å². The molecule has 2 N–H and O–H groups in total. The summed E-state index contributed by atoms with van der Waals surface area (Å²) in [4.78, 5) is 0. The Bertz CT molecular complexity index is 346. The van der Waals surface area contributed by atoms with Crippen LogP contribution in [-0.4, -0.2) is 37.0 Å². The van der Waals surface area contributed by atoms with Gasteiger partial charge >= 0.3 is 7.12 Å². The molecular formula is C11H15BO4. The largest absolute Gasteiger partial charge is 0.493 e. The summed E-state index contributed by atoms with van der Waals surface area (Å²) in [6.45, 7) is 4.21. The lowest BCUT2D eigenvalue weighted by Crippen LogP contribution is -2.44. The molecule has 16 heavy (non-hydrogen) atoms. The van der Waals surface area contributed by atoms with E-state index in [2.05, 4.69) is 6.92 Å². The van der Waals surface area contributed by atoms with Crippen LogP contribution in [0.4, 0.5) is 0 Å². The van der Waals surface area contributed by atoms with Crippen molar-refractivity contribution in [2.45, 2.75) is 6.92 Å². The summed E-state index contributed by atoms with van der Waals surface area (Å²) in [5, 5.41) is 17.8. The highest BCUT2D eigenvalue weighted by Gasteiger charge is 2.34. The molecule has 1 aromatic carbocycles. The number of rotatable bonds is 4. The number of benzene rings is 1. The molecule has 2 rings (SSSR count). The van der Waals surface area contributed by atoms with Crippen molar-refractivity contribution >= 4 is 12.6 Å². The van der Waals surface area contributed by atoms with Gasteiger partial charge in [-0.1, -0.05) is 19.1 Å². The van der Waals surface area contributed by atoms with Crippen molar-refractivity contribution in [3.8, 4) is 5.75 Å². The van der Waals surface area contributed by atoms with Crippen molar-refractivity contribution in [3.05, 3.63) is 24.3 Å².